The Bertz CT molecular complexity index is 801. The zero-order valence-corrected chi connectivity index (χ0v) is 16.6. The molecular weight excluding hydrogens is 370 g/mol. The first kappa shape index (κ1) is 18.4. The van der Waals surface area contributed by atoms with Crippen LogP contribution < -0.4 is 4.80 Å². The van der Waals surface area contributed by atoms with Gasteiger partial charge in [0.15, 0.2) is 4.80 Å². The van der Waals surface area contributed by atoms with Crippen molar-refractivity contribution < 1.29 is 4.79 Å². The van der Waals surface area contributed by atoms with E-state index in [4.69, 9.17) is 12.2 Å². The Morgan fingerprint density at radius 1 is 1.28 bits per heavy atom. The van der Waals surface area contributed by atoms with Crippen LogP contribution in [0.2, 0.25) is 0 Å². The molecule has 25 heavy (non-hydrogen) atoms. The third-order valence-corrected chi connectivity index (χ3v) is 6.34. The molecule has 4 nitrogen and oxygen atoms in total. The molecule has 1 aromatic heterocycles. The molecule has 0 bridgehead atoms. The number of thiazole rings is 1. The van der Waals surface area contributed by atoms with Gasteiger partial charge < -0.3 is 9.47 Å². The molecule has 2 heterocycles. The number of hydrogen-bond acceptors (Lipinski definition) is 4. The van der Waals surface area contributed by atoms with Crippen molar-refractivity contribution in [3.63, 3.8) is 0 Å². The standard InChI is InChI=1S/C18H21N3OS3/c1-14-4-6-15(7-5-14)12-21-10-11-24-17(21)19-16(22)13-25-18(23)20-8-2-3-9-20/h4-7,10-11H,2-3,8-9,12-13H2,1H3. The lowest BCUT2D eigenvalue weighted by Gasteiger charge is -2.16. The summed E-state index contributed by atoms with van der Waals surface area (Å²) in [6.45, 7) is 4.82. The first-order chi connectivity index (χ1) is 12.1. The normalized spacial score (nSPS) is 14.9. The van der Waals surface area contributed by atoms with Gasteiger partial charge >= 0.3 is 0 Å². The van der Waals surface area contributed by atoms with Gasteiger partial charge in [0, 0.05) is 31.2 Å². The predicted molar refractivity (Wildman–Crippen MR) is 109 cm³/mol. The molecule has 0 aliphatic carbocycles. The minimum atomic E-state index is -0.133. The second-order valence-electron chi connectivity index (χ2n) is 6.05. The zero-order chi connectivity index (χ0) is 17.6. The summed E-state index contributed by atoms with van der Waals surface area (Å²) in [5.74, 6) is 0.171. The Labute approximate surface area is 161 Å². The van der Waals surface area contributed by atoms with E-state index in [0.29, 0.717) is 5.75 Å². The predicted octanol–water partition coefficient (Wildman–Crippen LogP) is 3.45. The molecule has 1 fully saturated rings. The smallest absolute Gasteiger partial charge is 0.258 e. The van der Waals surface area contributed by atoms with E-state index in [-0.39, 0.29) is 5.91 Å². The number of carbonyl (C=O) groups is 1. The lowest BCUT2D eigenvalue weighted by molar-refractivity contribution is -0.115. The molecule has 0 unspecified atom stereocenters. The first-order valence-electron chi connectivity index (χ1n) is 8.30. The van der Waals surface area contributed by atoms with Crippen molar-refractivity contribution in [1.29, 1.82) is 0 Å². The summed E-state index contributed by atoms with van der Waals surface area (Å²) in [6.07, 6.45) is 4.35. The average Bonchev–Trinajstić information content (AvgIpc) is 3.27. The van der Waals surface area contributed by atoms with E-state index in [9.17, 15) is 4.79 Å². The number of amides is 1. The number of aromatic nitrogens is 1. The lowest BCUT2D eigenvalue weighted by Crippen LogP contribution is -2.24. The third-order valence-electron chi connectivity index (χ3n) is 4.04. The molecular formula is C18H21N3OS3. The van der Waals surface area contributed by atoms with Crippen molar-refractivity contribution in [2.45, 2.75) is 26.3 Å². The second kappa shape index (κ2) is 8.78. The van der Waals surface area contributed by atoms with Gasteiger partial charge in [0.1, 0.15) is 4.32 Å². The van der Waals surface area contributed by atoms with Crippen LogP contribution in [0, 0.1) is 6.92 Å². The fraction of sp³-hybridized carbons (Fsp3) is 0.389. The number of hydrogen-bond donors (Lipinski definition) is 0. The van der Waals surface area contributed by atoms with Gasteiger partial charge in [0.05, 0.1) is 5.75 Å². The van der Waals surface area contributed by atoms with Crippen molar-refractivity contribution >= 4 is 45.5 Å². The maximum absolute atomic E-state index is 12.2. The summed E-state index contributed by atoms with van der Waals surface area (Å²) in [7, 11) is 0. The molecule has 0 N–H and O–H groups in total. The van der Waals surface area contributed by atoms with Crippen LogP contribution in [-0.2, 0) is 11.3 Å². The Kier molecular flexibility index (Phi) is 6.45. The van der Waals surface area contributed by atoms with Gasteiger partial charge in [-0.3, -0.25) is 4.79 Å². The molecule has 1 saturated heterocycles. The Balaban J connectivity index is 1.61. The molecule has 2 aromatic rings. The highest BCUT2D eigenvalue weighted by Gasteiger charge is 2.16. The van der Waals surface area contributed by atoms with E-state index in [1.165, 1.54) is 47.1 Å². The summed E-state index contributed by atoms with van der Waals surface area (Å²) in [6, 6.07) is 8.41. The van der Waals surface area contributed by atoms with E-state index in [1.54, 1.807) is 0 Å². The monoisotopic (exact) mass is 391 g/mol. The van der Waals surface area contributed by atoms with Crippen LogP contribution in [0.4, 0.5) is 0 Å². The molecule has 1 aliphatic rings. The number of rotatable bonds is 4. The zero-order valence-electron chi connectivity index (χ0n) is 14.2. The number of nitrogens with zero attached hydrogens (tertiary/aromatic N) is 3. The fourth-order valence-electron chi connectivity index (χ4n) is 2.65. The quantitative estimate of drug-likeness (QED) is 0.748. The van der Waals surface area contributed by atoms with Crippen LogP contribution in [0.1, 0.15) is 24.0 Å². The lowest BCUT2D eigenvalue weighted by atomic mass is 10.1. The Morgan fingerprint density at radius 2 is 2.00 bits per heavy atom. The van der Waals surface area contributed by atoms with E-state index >= 15 is 0 Å². The first-order valence-corrected chi connectivity index (χ1v) is 10.6. The molecule has 1 aliphatic heterocycles. The maximum atomic E-state index is 12.2. The molecule has 0 spiro atoms. The van der Waals surface area contributed by atoms with Gasteiger partial charge in [0.25, 0.3) is 5.91 Å². The summed E-state index contributed by atoms with van der Waals surface area (Å²) < 4.78 is 2.83. The van der Waals surface area contributed by atoms with E-state index < -0.39 is 0 Å². The largest absolute Gasteiger partial charge is 0.358 e. The SMILES string of the molecule is Cc1ccc(Cn2ccsc2=NC(=O)CSC(=S)N2CCCC2)cc1. The molecule has 132 valence electrons. The van der Waals surface area contributed by atoms with Crippen LogP contribution >= 0.6 is 35.3 Å². The molecule has 3 rings (SSSR count). The summed E-state index contributed by atoms with van der Waals surface area (Å²) in [5.41, 5.74) is 2.44. The Morgan fingerprint density at radius 3 is 2.72 bits per heavy atom. The van der Waals surface area contributed by atoms with Gasteiger partial charge in [-0.25, -0.2) is 0 Å². The molecule has 0 atom stereocenters. The molecule has 1 amide bonds. The van der Waals surface area contributed by atoms with Crippen LogP contribution in [0.15, 0.2) is 40.8 Å². The summed E-state index contributed by atoms with van der Waals surface area (Å²) in [4.78, 5) is 19.4. The highest BCUT2D eigenvalue weighted by atomic mass is 32.2. The Hall–Kier alpha value is -1.44. The van der Waals surface area contributed by atoms with Crippen molar-refractivity contribution in [3.8, 4) is 0 Å². The van der Waals surface area contributed by atoms with Gasteiger partial charge in [-0.05, 0) is 25.3 Å². The fourth-order valence-corrected chi connectivity index (χ4v) is 4.43. The number of aryl methyl sites for hydroxylation is 1. The highest BCUT2D eigenvalue weighted by molar-refractivity contribution is 8.23. The van der Waals surface area contributed by atoms with Crippen LogP contribution in [0.5, 0.6) is 0 Å². The molecule has 0 saturated carbocycles. The van der Waals surface area contributed by atoms with E-state index in [0.717, 1.165) is 28.8 Å². The van der Waals surface area contributed by atoms with Crippen molar-refractivity contribution in [2.75, 3.05) is 18.8 Å². The minimum Gasteiger partial charge on any atom is -0.358 e. The maximum Gasteiger partial charge on any atom is 0.258 e. The van der Waals surface area contributed by atoms with Gasteiger partial charge in [0.2, 0.25) is 0 Å². The third kappa shape index (κ3) is 5.26. The highest BCUT2D eigenvalue weighted by Crippen LogP contribution is 2.16. The van der Waals surface area contributed by atoms with Gasteiger partial charge in [-0.2, -0.15) is 4.99 Å². The minimum absolute atomic E-state index is 0.133. The number of benzene rings is 1. The number of thiocarbonyl (C=S) groups is 1. The van der Waals surface area contributed by atoms with Crippen LogP contribution in [0.25, 0.3) is 0 Å². The summed E-state index contributed by atoms with van der Waals surface area (Å²) in [5, 5.41) is 1.96. The number of likely N-dealkylation sites (tertiary alicyclic amines) is 1. The molecule has 7 heteroatoms. The summed E-state index contributed by atoms with van der Waals surface area (Å²) >= 11 is 8.30. The second-order valence-corrected chi connectivity index (χ2v) is 8.54. The van der Waals surface area contributed by atoms with E-state index in [2.05, 4.69) is 41.1 Å². The van der Waals surface area contributed by atoms with Gasteiger partial charge in [-0.15, -0.1) is 11.3 Å². The molecule has 0 radical (unpaired) electrons. The average molecular weight is 392 g/mol. The van der Waals surface area contributed by atoms with Crippen molar-refractivity contribution in [1.82, 2.24) is 9.47 Å². The van der Waals surface area contributed by atoms with Gasteiger partial charge in [-0.1, -0.05) is 53.8 Å². The number of thioether (sulfide) groups is 1. The van der Waals surface area contributed by atoms with Crippen molar-refractivity contribution in [2.24, 2.45) is 4.99 Å². The van der Waals surface area contributed by atoms with Crippen LogP contribution in [0.3, 0.4) is 0 Å². The topological polar surface area (TPSA) is 37.6 Å². The van der Waals surface area contributed by atoms with Crippen LogP contribution in [-0.4, -0.2) is 38.5 Å². The van der Waals surface area contributed by atoms with Crippen molar-refractivity contribution in [3.05, 3.63) is 51.8 Å². The van der Waals surface area contributed by atoms with E-state index in [1.807, 2.05) is 16.1 Å². The molecule has 1 aromatic carbocycles. The number of carbonyl (C=O) groups excluding carboxylic acids is 1.